The zero-order valence-corrected chi connectivity index (χ0v) is 11.9. The fraction of sp³-hybridized carbons (Fsp3) is 0.533. The summed E-state index contributed by atoms with van der Waals surface area (Å²) in [6.45, 7) is 3.28. The predicted octanol–water partition coefficient (Wildman–Crippen LogP) is 0.828. The van der Waals surface area contributed by atoms with E-state index in [1.54, 1.807) is 7.11 Å². The van der Waals surface area contributed by atoms with Crippen LogP contribution in [0.5, 0.6) is 0 Å². The second-order valence-electron chi connectivity index (χ2n) is 4.96. The Kier molecular flexibility index (Phi) is 5.98. The molecule has 1 unspecified atom stereocenters. The molecular weight excluding hydrogens is 256 g/mol. The number of morpholine rings is 1. The van der Waals surface area contributed by atoms with Crippen LogP contribution in [0.15, 0.2) is 24.3 Å². The quantitative estimate of drug-likeness (QED) is 0.809. The zero-order chi connectivity index (χ0) is 14.2. The molecule has 1 atom stereocenters. The van der Waals surface area contributed by atoms with Crippen LogP contribution in [0.25, 0.3) is 0 Å². The number of carbonyl (C=O) groups excluding carboxylic acids is 1. The highest BCUT2D eigenvalue weighted by molar-refractivity contribution is 5.76. The molecule has 1 fully saturated rings. The average Bonchev–Trinajstić information content (AvgIpc) is 2.47. The summed E-state index contributed by atoms with van der Waals surface area (Å²) in [5.41, 5.74) is 2.20. The predicted molar refractivity (Wildman–Crippen MR) is 76.2 cm³/mol. The van der Waals surface area contributed by atoms with Crippen LogP contribution in [0.4, 0.5) is 0 Å². The van der Waals surface area contributed by atoms with Crippen LogP contribution in [0.3, 0.4) is 0 Å². The summed E-state index contributed by atoms with van der Waals surface area (Å²) in [7, 11) is 1.67. The second kappa shape index (κ2) is 7.99. The van der Waals surface area contributed by atoms with Gasteiger partial charge in [-0.15, -0.1) is 0 Å². The lowest BCUT2D eigenvalue weighted by Gasteiger charge is -2.23. The van der Waals surface area contributed by atoms with E-state index >= 15 is 0 Å². The van der Waals surface area contributed by atoms with E-state index in [0.29, 0.717) is 26.2 Å². The Balaban J connectivity index is 1.76. The standard InChI is InChI=1S/C15H22N2O3/c1-19-10-13-4-2-3-12(7-13)9-17-15(18)8-14-11-20-6-5-16-14/h2-4,7,14,16H,5-6,8-11H2,1H3,(H,17,18). The van der Waals surface area contributed by atoms with Crippen molar-refractivity contribution in [2.45, 2.75) is 25.6 Å². The summed E-state index contributed by atoms with van der Waals surface area (Å²) < 4.78 is 10.4. The van der Waals surface area contributed by atoms with Gasteiger partial charge < -0.3 is 20.1 Å². The third-order valence-corrected chi connectivity index (χ3v) is 3.22. The maximum Gasteiger partial charge on any atom is 0.221 e. The molecule has 1 heterocycles. The summed E-state index contributed by atoms with van der Waals surface area (Å²) >= 11 is 0. The first kappa shape index (κ1) is 15.0. The third-order valence-electron chi connectivity index (χ3n) is 3.22. The van der Waals surface area contributed by atoms with Crippen LogP contribution >= 0.6 is 0 Å². The minimum atomic E-state index is 0.0464. The molecule has 1 aromatic carbocycles. The largest absolute Gasteiger partial charge is 0.380 e. The van der Waals surface area contributed by atoms with Gasteiger partial charge in [0.15, 0.2) is 0 Å². The molecule has 1 aromatic rings. The molecule has 5 heteroatoms. The topological polar surface area (TPSA) is 59.6 Å². The van der Waals surface area contributed by atoms with Crippen molar-refractivity contribution in [3.63, 3.8) is 0 Å². The SMILES string of the molecule is COCc1cccc(CNC(=O)CC2COCCN2)c1. The Hall–Kier alpha value is -1.43. The average molecular weight is 278 g/mol. The lowest BCUT2D eigenvalue weighted by Crippen LogP contribution is -2.44. The molecule has 0 bridgehead atoms. The Bertz CT molecular complexity index is 431. The van der Waals surface area contributed by atoms with Gasteiger partial charge in [-0.2, -0.15) is 0 Å². The van der Waals surface area contributed by atoms with Crippen LogP contribution in [-0.4, -0.2) is 38.8 Å². The van der Waals surface area contributed by atoms with E-state index in [0.717, 1.165) is 24.3 Å². The van der Waals surface area contributed by atoms with Crippen LogP contribution in [0.2, 0.25) is 0 Å². The molecule has 0 aliphatic carbocycles. The van der Waals surface area contributed by atoms with Crippen LogP contribution in [0, 0.1) is 0 Å². The molecule has 1 aliphatic rings. The van der Waals surface area contributed by atoms with Gasteiger partial charge in [0, 0.05) is 32.7 Å². The fourth-order valence-corrected chi connectivity index (χ4v) is 2.24. The van der Waals surface area contributed by atoms with Crippen molar-refractivity contribution in [2.24, 2.45) is 0 Å². The Morgan fingerprint density at radius 1 is 1.50 bits per heavy atom. The number of amides is 1. The number of nitrogens with one attached hydrogen (secondary N) is 2. The van der Waals surface area contributed by atoms with Crippen molar-refractivity contribution in [2.75, 3.05) is 26.9 Å². The van der Waals surface area contributed by atoms with Gasteiger partial charge in [0.2, 0.25) is 5.91 Å². The van der Waals surface area contributed by atoms with Gasteiger partial charge in [-0.25, -0.2) is 0 Å². The van der Waals surface area contributed by atoms with Gasteiger partial charge in [0.05, 0.1) is 19.8 Å². The third kappa shape index (κ3) is 4.92. The molecule has 0 saturated carbocycles. The lowest BCUT2D eigenvalue weighted by molar-refractivity contribution is -0.122. The Morgan fingerprint density at radius 3 is 3.10 bits per heavy atom. The van der Waals surface area contributed by atoms with Crippen LogP contribution < -0.4 is 10.6 Å². The van der Waals surface area contributed by atoms with Gasteiger partial charge >= 0.3 is 0 Å². The molecule has 1 aliphatic heterocycles. The summed E-state index contributed by atoms with van der Waals surface area (Å²) in [6, 6.07) is 8.17. The first-order chi connectivity index (χ1) is 9.78. The molecular formula is C15H22N2O3. The molecule has 5 nitrogen and oxygen atoms in total. The highest BCUT2D eigenvalue weighted by Crippen LogP contribution is 2.06. The maximum atomic E-state index is 11.9. The number of benzene rings is 1. The van der Waals surface area contributed by atoms with E-state index in [-0.39, 0.29) is 11.9 Å². The number of hydrogen-bond donors (Lipinski definition) is 2. The van der Waals surface area contributed by atoms with Crippen molar-refractivity contribution in [1.82, 2.24) is 10.6 Å². The summed E-state index contributed by atoms with van der Waals surface area (Å²) in [4.78, 5) is 11.9. The minimum Gasteiger partial charge on any atom is -0.380 e. The second-order valence-corrected chi connectivity index (χ2v) is 4.96. The molecule has 20 heavy (non-hydrogen) atoms. The van der Waals surface area contributed by atoms with Crippen molar-refractivity contribution >= 4 is 5.91 Å². The van der Waals surface area contributed by atoms with E-state index in [1.165, 1.54) is 0 Å². The monoisotopic (exact) mass is 278 g/mol. The molecule has 0 aromatic heterocycles. The van der Waals surface area contributed by atoms with Crippen molar-refractivity contribution in [1.29, 1.82) is 0 Å². The van der Waals surface area contributed by atoms with Gasteiger partial charge in [-0.05, 0) is 11.1 Å². The molecule has 1 saturated heterocycles. The van der Waals surface area contributed by atoms with E-state index in [9.17, 15) is 4.79 Å². The molecule has 0 radical (unpaired) electrons. The molecule has 0 spiro atoms. The van der Waals surface area contributed by atoms with Crippen LogP contribution in [-0.2, 0) is 27.4 Å². The minimum absolute atomic E-state index is 0.0464. The smallest absolute Gasteiger partial charge is 0.221 e. The van der Waals surface area contributed by atoms with Crippen molar-refractivity contribution < 1.29 is 14.3 Å². The van der Waals surface area contributed by atoms with Crippen LogP contribution in [0.1, 0.15) is 17.5 Å². The zero-order valence-electron chi connectivity index (χ0n) is 11.9. The van der Waals surface area contributed by atoms with E-state index in [4.69, 9.17) is 9.47 Å². The van der Waals surface area contributed by atoms with E-state index in [1.807, 2.05) is 24.3 Å². The molecule has 2 N–H and O–H groups in total. The van der Waals surface area contributed by atoms with Crippen molar-refractivity contribution in [3.8, 4) is 0 Å². The fourth-order valence-electron chi connectivity index (χ4n) is 2.24. The first-order valence-corrected chi connectivity index (χ1v) is 6.92. The maximum absolute atomic E-state index is 11.9. The summed E-state index contributed by atoms with van der Waals surface area (Å²) in [5.74, 6) is 0.0464. The number of rotatable bonds is 6. The lowest BCUT2D eigenvalue weighted by atomic mass is 10.1. The number of methoxy groups -OCH3 is 1. The van der Waals surface area contributed by atoms with Gasteiger partial charge in [0.1, 0.15) is 0 Å². The number of carbonyl (C=O) groups is 1. The number of ether oxygens (including phenoxy) is 2. The van der Waals surface area contributed by atoms with Gasteiger partial charge in [-0.3, -0.25) is 4.79 Å². The van der Waals surface area contributed by atoms with E-state index < -0.39 is 0 Å². The number of hydrogen-bond acceptors (Lipinski definition) is 4. The molecule has 110 valence electrons. The summed E-state index contributed by atoms with van der Waals surface area (Å²) in [6.07, 6.45) is 0.456. The normalized spacial score (nSPS) is 18.8. The van der Waals surface area contributed by atoms with Crippen molar-refractivity contribution in [3.05, 3.63) is 35.4 Å². The van der Waals surface area contributed by atoms with E-state index in [2.05, 4.69) is 10.6 Å². The summed E-state index contributed by atoms with van der Waals surface area (Å²) in [5, 5.41) is 6.21. The molecule has 1 amide bonds. The highest BCUT2D eigenvalue weighted by Gasteiger charge is 2.16. The van der Waals surface area contributed by atoms with Gasteiger partial charge in [0.25, 0.3) is 0 Å². The Morgan fingerprint density at radius 2 is 2.35 bits per heavy atom. The molecule has 2 rings (SSSR count). The Labute approximate surface area is 119 Å². The highest BCUT2D eigenvalue weighted by atomic mass is 16.5. The first-order valence-electron chi connectivity index (χ1n) is 6.92. The van der Waals surface area contributed by atoms with Gasteiger partial charge in [-0.1, -0.05) is 24.3 Å².